The monoisotopic (exact) mass is 174 g/mol. The van der Waals surface area contributed by atoms with E-state index in [2.05, 4.69) is 0 Å². The van der Waals surface area contributed by atoms with Crippen LogP contribution in [0.4, 0.5) is 0 Å². The van der Waals surface area contributed by atoms with Crippen LogP contribution in [-0.4, -0.2) is 14.1 Å². The molecule has 62 valence electrons. The van der Waals surface area contributed by atoms with E-state index in [-0.39, 0.29) is 4.91 Å². The number of hydrogen-bond donors (Lipinski definition) is 2. The summed E-state index contributed by atoms with van der Waals surface area (Å²) >= 11 is 0. The summed E-state index contributed by atoms with van der Waals surface area (Å²) in [5.41, 5.74) is 0.567. The minimum Gasteiger partial charge on any atom is -0.309 e. The van der Waals surface area contributed by atoms with Gasteiger partial charge in [-0.05, 0) is 12.8 Å². The van der Waals surface area contributed by atoms with Gasteiger partial charge in [0, 0.05) is 12.1 Å². The molecule has 5 heteroatoms. The lowest BCUT2D eigenvalue weighted by Crippen LogP contribution is -2.18. The van der Waals surface area contributed by atoms with Gasteiger partial charge in [-0.1, -0.05) is 6.08 Å². The molecule has 0 unspecified atom stereocenters. The number of nitrogens with one attached hydrogen (secondary N) is 1. The fourth-order valence-electron chi connectivity index (χ4n) is 0.974. The van der Waals surface area contributed by atoms with Crippen LogP contribution in [-0.2, 0) is 10.0 Å². The second kappa shape index (κ2) is 2.75. The molecule has 0 saturated carbocycles. The zero-order chi connectivity index (χ0) is 8.48. The molecule has 0 spiro atoms. The van der Waals surface area contributed by atoms with Crippen molar-refractivity contribution in [3.63, 3.8) is 0 Å². The maximum Gasteiger partial charge on any atom is 0.233 e. The molecule has 4 nitrogen and oxygen atoms in total. The summed E-state index contributed by atoms with van der Waals surface area (Å²) < 4.78 is 21.5. The first-order valence-corrected chi connectivity index (χ1v) is 4.83. The Morgan fingerprint density at radius 3 is 2.45 bits per heavy atom. The van der Waals surface area contributed by atoms with E-state index < -0.39 is 10.0 Å². The standard InChI is InChI=1S/C6H10N2O2S/c7-5-1-3-6(4-2-5)11(8,9)10/h3,7H,1-2,4H2,(H2,8,9,10). The van der Waals surface area contributed by atoms with E-state index in [4.69, 9.17) is 10.5 Å². The van der Waals surface area contributed by atoms with Gasteiger partial charge in [-0.15, -0.1) is 0 Å². The molecule has 0 bridgehead atoms. The highest BCUT2D eigenvalue weighted by Crippen LogP contribution is 2.17. The minimum absolute atomic E-state index is 0.272. The smallest absolute Gasteiger partial charge is 0.233 e. The Balaban J connectivity index is 2.86. The molecule has 3 N–H and O–H groups in total. The lowest BCUT2D eigenvalue weighted by molar-refractivity contribution is 0.601. The van der Waals surface area contributed by atoms with Crippen molar-refractivity contribution in [1.82, 2.24) is 0 Å². The molecule has 0 aliphatic heterocycles. The Morgan fingerprint density at radius 2 is 2.09 bits per heavy atom. The minimum atomic E-state index is -3.48. The molecule has 0 aromatic rings. The molecular weight excluding hydrogens is 164 g/mol. The van der Waals surface area contributed by atoms with Crippen molar-refractivity contribution in [2.75, 3.05) is 0 Å². The van der Waals surface area contributed by atoms with Gasteiger partial charge in [0.15, 0.2) is 0 Å². The van der Waals surface area contributed by atoms with Crippen molar-refractivity contribution >= 4 is 15.7 Å². The average Bonchev–Trinajstić information content (AvgIpc) is 1.86. The van der Waals surface area contributed by atoms with E-state index >= 15 is 0 Å². The van der Waals surface area contributed by atoms with Gasteiger partial charge in [0.25, 0.3) is 0 Å². The fourth-order valence-corrected chi connectivity index (χ4v) is 1.68. The summed E-state index contributed by atoms with van der Waals surface area (Å²) in [6.07, 6.45) is 2.84. The predicted octanol–water partition coefficient (Wildman–Crippen LogP) is 0.362. The Morgan fingerprint density at radius 1 is 1.45 bits per heavy atom. The van der Waals surface area contributed by atoms with Crippen LogP contribution in [0.2, 0.25) is 0 Å². The number of primary sulfonamides is 1. The van der Waals surface area contributed by atoms with Gasteiger partial charge in [-0.2, -0.15) is 0 Å². The van der Waals surface area contributed by atoms with E-state index in [1.807, 2.05) is 0 Å². The van der Waals surface area contributed by atoms with E-state index in [9.17, 15) is 8.42 Å². The van der Waals surface area contributed by atoms with Crippen molar-refractivity contribution in [2.24, 2.45) is 5.14 Å². The highest BCUT2D eigenvalue weighted by molar-refractivity contribution is 7.93. The largest absolute Gasteiger partial charge is 0.309 e. The molecule has 0 saturated heterocycles. The molecule has 1 aliphatic carbocycles. The summed E-state index contributed by atoms with van der Waals surface area (Å²) in [7, 11) is -3.48. The highest BCUT2D eigenvalue weighted by Gasteiger charge is 2.16. The van der Waals surface area contributed by atoms with Crippen molar-refractivity contribution in [1.29, 1.82) is 5.41 Å². The molecule has 0 atom stereocenters. The first kappa shape index (κ1) is 8.42. The quantitative estimate of drug-likeness (QED) is 0.601. The zero-order valence-corrected chi connectivity index (χ0v) is 6.82. The van der Waals surface area contributed by atoms with Gasteiger partial charge in [0.2, 0.25) is 10.0 Å². The van der Waals surface area contributed by atoms with E-state index in [1.54, 1.807) is 0 Å². The second-order valence-electron chi connectivity index (χ2n) is 2.52. The van der Waals surface area contributed by atoms with Gasteiger partial charge in [-0.25, -0.2) is 13.6 Å². The SMILES string of the molecule is N=C1CC=C(S(N)(=O)=O)CC1. The number of nitrogens with two attached hydrogens (primary N) is 1. The molecule has 1 aliphatic rings. The normalized spacial score (nSPS) is 19.7. The summed E-state index contributed by atoms with van der Waals surface area (Å²) in [4.78, 5) is 0.272. The maximum atomic E-state index is 10.7. The van der Waals surface area contributed by atoms with Crippen LogP contribution in [0.5, 0.6) is 0 Å². The van der Waals surface area contributed by atoms with Crippen LogP contribution in [0, 0.1) is 5.41 Å². The van der Waals surface area contributed by atoms with Crippen LogP contribution in [0.1, 0.15) is 19.3 Å². The van der Waals surface area contributed by atoms with Gasteiger partial charge in [0.1, 0.15) is 0 Å². The molecule has 0 aromatic heterocycles. The van der Waals surface area contributed by atoms with Crippen molar-refractivity contribution in [2.45, 2.75) is 19.3 Å². The van der Waals surface area contributed by atoms with Crippen molar-refractivity contribution < 1.29 is 8.42 Å². The Labute approximate surface area is 65.7 Å². The third-order valence-electron chi connectivity index (χ3n) is 1.61. The molecule has 0 fully saturated rings. The summed E-state index contributed by atoms with van der Waals surface area (Å²) in [6, 6.07) is 0. The molecule has 1 rings (SSSR count). The number of sulfonamides is 1. The molecule has 0 heterocycles. The molecule has 0 aromatic carbocycles. The highest BCUT2D eigenvalue weighted by atomic mass is 32.2. The number of hydrogen-bond acceptors (Lipinski definition) is 3. The number of allylic oxidation sites excluding steroid dienone is 2. The lowest BCUT2D eigenvalue weighted by atomic mass is 10.1. The first-order chi connectivity index (χ1) is 5.00. The van der Waals surface area contributed by atoms with E-state index in [1.165, 1.54) is 6.08 Å². The van der Waals surface area contributed by atoms with Gasteiger partial charge in [0.05, 0.1) is 4.91 Å². The summed E-state index contributed by atoms with van der Waals surface area (Å²) in [6.45, 7) is 0. The van der Waals surface area contributed by atoms with Crippen LogP contribution < -0.4 is 5.14 Å². The van der Waals surface area contributed by atoms with Crippen LogP contribution >= 0.6 is 0 Å². The second-order valence-corrected chi connectivity index (χ2v) is 4.14. The Kier molecular flexibility index (Phi) is 2.10. The van der Waals surface area contributed by atoms with Gasteiger partial charge >= 0.3 is 0 Å². The van der Waals surface area contributed by atoms with Crippen LogP contribution in [0.15, 0.2) is 11.0 Å². The first-order valence-electron chi connectivity index (χ1n) is 3.28. The number of rotatable bonds is 1. The third-order valence-corrected chi connectivity index (χ3v) is 2.72. The van der Waals surface area contributed by atoms with Crippen LogP contribution in [0.3, 0.4) is 0 Å². The maximum absolute atomic E-state index is 10.7. The Bertz CT molecular complexity index is 303. The predicted molar refractivity (Wildman–Crippen MR) is 42.8 cm³/mol. The van der Waals surface area contributed by atoms with E-state index in [0.29, 0.717) is 25.0 Å². The fraction of sp³-hybridized carbons (Fsp3) is 0.500. The van der Waals surface area contributed by atoms with Crippen molar-refractivity contribution in [3.05, 3.63) is 11.0 Å². The van der Waals surface area contributed by atoms with Crippen LogP contribution in [0.25, 0.3) is 0 Å². The molecule has 0 amide bonds. The Hall–Kier alpha value is -0.680. The lowest BCUT2D eigenvalue weighted by Gasteiger charge is -2.10. The summed E-state index contributed by atoms with van der Waals surface area (Å²) in [5, 5.41) is 12.1. The van der Waals surface area contributed by atoms with Crippen molar-refractivity contribution in [3.8, 4) is 0 Å². The zero-order valence-electron chi connectivity index (χ0n) is 6.00. The van der Waals surface area contributed by atoms with E-state index in [0.717, 1.165) is 0 Å². The third kappa shape index (κ3) is 2.13. The molecule has 11 heavy (non-hydrogen) atoms. The average molecular weight is 174 g/mol. The molecule has 0 radical (unpaired) electrons. The van der Waals surface area contributed by atoms with Gasteiger partial charge < -0.3 is 5.41 Å². The summed E-state index contributed by atoms with van der Waals surface area (Å²) in [5.74, 6) is 0. The topological polar surface area (TPSA) is 84.0 Å². The van der Waals surface area contributed by atoms with Gasteiger partial charge in [-0.3, -0.25) is 0 Å². The molecular formula is C6H10N2O2S.